The molecule has 1 aliphatic carbocycles. The van der Waals surface area contributed by atoms with Crippen LogP contribution in [0, 0.1) is 3.57 Å². The van der Waals surface area contributed by atoms with Gasteiger partial charge in [-0.25, -0.2) is 0 Å². The van der Waals surface area contributed by atoms with Gasteiger partial charge in [0.05, 0.1) is 16.2 Å². The lowest BCUT2D eigenvalue weighted by Gasteiger charge is -2.40. The van der Waals surface area contributed by atoms with E-state index in [-0.39, 0.29) is 37.8 Å². The Morgan fingerprint density at radius 1 is 1.28 bits per heavy atom. The minimum atomic E-state index is -1.01. The molecule has 8 nitrogen and oxygen atoms in total. The molecule has 0 heterocycles. The van der Waals surface area contributed by atoms with Crippen LogP contribution in [0.5, 0.6) is 5.75 Å². The van der Waals surface area contributed by atoms with Crippen LogP contribution in [-0.4, -0.2) is 78.1 Å². The third-order valence-corrected chi connectivity index (χ3v) is 6.12. The average Bonchev–Trinajstić information content (AvgIpc) is 2.80. The molecule has 9 heteroatoms. The zero-order valence-electron chi connectivity index (χ0n) is 18.6. The zero-order chi connectivity index (χ0) is 23.5. The van der Waals surface area contributed by atoms with Gasteiger partial charge in [0.15, 0.2) is 0 Å². The summed E-state index contributed by atoms with van der Waals surface area (Å²) < 4.78 is 12.4. The number of rotatable bonds is 12. The third kappa shape index (κ3) is 7.43. The fourth-order valence-electron chi connectivity index (χ4n) is 3.63. The number of carbonyl (C=O) groups excluding carboxylic acids is 2. The molecule has 1 aliphatic rings. The molecule has 0 bridgehead atoms. The normalized spacial score (nSPS) is 20.4. The van der Waals surface area contributed by atoms with E-state index in [1.54, 1.807) is 24.0 Å². The summed E-state index contributed by atoms with van der Waals surface area (Å²) in [6, 6.07) is 6.80. The van der Waals surface area contributed by atoms with Crippen molar-refractivity contribution in [2.24, 2.45) is 0 Å². The Bertz CT molecular complexity index is 788. The van der Waals surface area contributed by atoms with Gasteiger partial charge in [-0.15, -0.1) is 0 Å². The van der Waals surface area contributed by atoms with Crippen LogP contribution in [0.15, 0.2) is 35.9 Å². The highest BCUT2D eigenvalue weighted by Gasteiger charge is 2.40. The van der Waals surface area contributed by atoms with Gasteiger partial charge in [0, 0.05) is 44.7 Å². The molecule has 0 saturated carbocycles. The number of ether oxygens (including phenoxy) is 2. The summed E-state index contributed by atoms with van der Waals surface area (Å²) in [6.45, 7) is 5.15. The largest absolute Gasteiger partial charge is 0.482 e. The van der Waals surface area contributed by atoms with Gasteiger partial charge < -0.3 is 29.9 Å². The van der Waals surface area contributed by atoms with Crippen LogP contribution in [0.2, 0.25) is 0 Å². The van der Waals surface area contributed by atoms with Crippen molar-refractivity contribution in [2.75, 3.05) is 32.9 Å². The van der Waals surface area contributed by atoms with E-state index in [0.717, 1.165) is 3.57 Å². The summed E-state index contributed by atoms with van der Waals surface area (Å²) in [5.41, 5.74) is 0.420. The number of para-hydroxylation sites is 1. The molecule has 2 amide bonds. The van der Waals surface area contributed by atoms with Crippen molar-refractivity contribution in [2.45, 2.75) is 51.4 Å². The lowest BCUT2D eigenvalue weighted by Crippen LogP contribution is -2.55. The predicted octanol–water partition coefficient (Wildman–Crippen LogP) is 1.87. The topological polar surface area (TPSA) is 108 Å². The molecule has 2 rings (SSSR count). The SMILES string of the molecule is CCOCCCN(C(=O)CC)C1CC(C(=O)NCCO)=CC(Oc2ccccc2I)C1O. The number of hydrogen-bond acceptors (Lipinski definition) is 6. The first kappa shape index (κ1) is 26.6. The second kappa shape index (κ2) is 13.8. The summed E-state index contributed by atoms with van der Waals surface area (Å²) in [4.78, 5) is 27.1. The van der Waals surface area contributed by atoms with Crippen LogP contribution >= 0.6 is 22.6 Å². The Morgan fingerprint density at radius 2 is 2.03 bits per heavy atom. The molecule has 0 aromatic heterocycles. The Kier molecular flexibility index (Phi) is 11.4. The molecule has 0 saturated heterocycles. The van der Waals surface area contributed by atoms with Gasteiger partial charge >= 0.3 is 0 Å². The number of carbonyl (C=O) groups is 2. The molecule has 178 valence electrons. The molecule has 3 N–H and O–H groups in total. The Labute approximate surface area is 203 Å². The first-order valence-corrected chi connectivity index (χ1v) is 12.1. The van der Waals surface area contributed by atoms with Crippen molar-refractivity contribution < 1.29 is 29.3 Å². The van der Waals surface area contributed by atoms with E-state index >= 15 is 0 Å². The van der Waals surface area contributed by atoms with Crippen LogP contribution in [0.1, 0.15) is 33.1 Å². The number of halogens is 1. The summed E-state index contributed by atoms with van der Waals surface area (Å²) in [5, 5.41) is 22.9. The third-order valence-electron chi connectivity index (χ3n) is 5.23. The predicted molar refractivity (Wildman–Crippen MR) is 129 cm³/mol. The fraction of sp³-hybridized carbons (Fsp3) is 0.565. The average molecular weight is 560 g/mol. The summed E-state index contributed by atoms with van der Waals surface area (Å²) in [5.74, 6) is 0.148. The van der Waals surface area contributed by atoms with Crippen LogP contribution in [0.3, 0.4) is 0 Å². The Hall–Kier alpha value is -1.69. The second-order valence-electron chi connectivity index (χ2n) is 7.44. The number of aliphatic hydroxyl groups is 2. The van der Waals surface area contributed by atoms with E-state index in [4.69, 9.17) is 14.6 Å². The van der Waals surface area contributed by atoms with E-state index in [0.29, 0.717) is 37.5 Å². The smallest absolute Gasteiger partial charge is 0.247 e. The molecule has 0 fully saturated rings. The van der Waals surface area contributed by atoms with Crippen molar-refractivity contribution in [1.82, 2.24) is 10.2 Å². The van der Waals surface area contributed by atoms with E-state index in [1.165, 1.54) is 0 Å². The first-order valence-electron chi connectivity index (χ1n) is 11.0. The van der Waals surface area contributed by atoms with Crippen molar-refractivity contribution in [1.29, 1.82) is 0 Å². The highest BCUT2D eigenvalue weighted by Crippen LogP contribution is 2.30. The maximum absolute atomic E-state index is 12.8. The van der Waals surface area contributed by atoms with Crippen LogP contribution in [0.4, 0.5) is 0 Å². The van der Waals surface area contributed by atoms with E-state index < -0.39 is 18.2 Å². The molecule has 32 heavy (non-hydrogen) atoms. The van der Waals surface area contributed by atoms with Crippen molar-refractivity contribution >= 4 is 34.4 Å². The Morgan fingerprint density at radius 3 is 2.69 bits per heavy atom. The maximum atomic E-state index is 12.8. The molecule has 1 aromatic rings. The van der Waals surface area contributed by atoms with Crippen LogP contribution in [0.25, 0.3) is 0 Å². The lowest BCUT2D eigenvalue weighted by molar-refractivity contribution is -0.138. The molecule has 1 aromatic carbocycles. The highest BCUT2D eigenvalue weighted by molar-refractivity contribution is 14.1. The van der Waals surface area contributed by atoms with E-state index in [1.807, 2.05) is 25.1 Å². The van der Waals surface area contributed by atoms with Crippen molar-refractivity contribution in [3.8, 4) is 5.75 Å². The zero-order valence-corrected chi connectivity index (χ0v) is 20.8. The quantitative estimate of drug-likeness (QED) is 0.266. The molecule has 0 aliphatic heterocycles. The molecular weight excluding hydrogens is 527 g/mol. The minimum Gasteiger partial charge on any atom is -0.482 e. The monoisotopic (exact) mass is 560 g/mol. The minimum absolute atomic E-state index is 0.101. The molecule has 3 unspecified atom stereocenters. The van der Waals surface area contributed by atoms with E-state index in [9.17, 15) is 14.7 Å². The van der Waals surface area contributed by atoms with Crippen molar-refractivity contribution in [3.05, 3.63) is 39.5 Å². The number of nitrogens with one attached hydrogen (secondary N) is 1. The number of aliphatic hydroxyl groups excluding tert-OH is 2. The lowest BCUT2D eigenvalue weighted by atomic mass is 9.88. The van der Waals surface area contributed by atoms with Gasteiger partial charge in [-0.05, 0) is 54.1 Å². The fourth-order valence-corrected chi connectivity index (χ4v) is 4.14. The van der Waals surface area contributed by atoms with Crippen molar-refractivity contribution in [3.63, 3.8) is 0 Å². The van der Waals surface area contributed by atoms with E-state index in [2.05, 4.69) is 27.9 Å². The summed E-state index contributed by atoms with van der Waals surface area (Å²) in [6.07, 6.45) is 0.911. The number of hydrogen-bond donors (Lipinski definition) is 3. The van der Waals surface area contributed by atoms with Gasteiger partial charge in [0.2, 0.25) is 11.8 Å². The summed E-state index contributed by atoms with van der Waals surface area (Å²) >= 11 is 2.15. The van der Waals surface area contributed by atoms with Crippen LogP contribution in [-0.2, 0) is 14.3 Å². The highest BCUT2D eigenvalue weighted by atomic mass is 127. The van der Waals surface area contributed by atoms with Crippen LogP contribution < -0.4 is 10.1 Å². The molecular formula is C23H33IN2O6. The van der Waals surface area contributed by atoms with Gasteiger partial charge in [-0.2, -0.15) is 0 Å². The van der Waals surface area contributed by atoms with Gasteiger partial charge in [-0.1, -0.05) is 19.1 Å². The number of amides is 2. The molecule has 3 atom stereocenters. The summed E-state index contributed by atoms with van der Waals surface area (Å²) in [7, 11) is 0. The van der Waals surface area contributed by atoms with Gasteiger partial charge in [0.1, 0.15) is 18.0 Å². The number of nitrogens with zero attached hydrogens (tertiary/aromatic N) is 1. The number of benzene rings is 1. The standard InChI is InChI=1S/C23H33IN2O6/c1-3-21(28)26(11-7-13-31-4-2)18-14-16(23(30)25-10-12-27)15-20(22(18)29)32-19-9-6-5-8-17(19)24/h5-6,8-9,15,18,20,22,27,29H,3-4,7,10-14H2,1-2H3,(H,25,30). The maximum Gasteiger partial charge on any atom is 0.247 e. The Balaban J connectivity index is 2.32. The molecule has 0 radical (unpaired) electrons. The first-order chi connectivity index (χ1) is 15.4. The second-order valence-corrected chi connectivity index (χ2v) is 8.60. The van der Waals surface area contributed by atoms with Gasteiger partial charge in [-0.3, -0.25) is 9.59 Å². The van der Waals surface area contributed by atoms with Gasteiger partial charge in [0.25, 0.3) is 0 Å². The molecule has 0 spiro atoms.